The van der Waals surface area contributed by atoms with Crippen LogP contribution in [0.5, 0.6) is 0 Å². The molecule has 0 radical (unpaired) electrons. The number of anilines is 1. The van der Waals surface area contributed by atoms with E-state index in [2.05, 4.69) is 4.98 Å². The van der Waals surface area contributed by atoms with Crippen molar-refractivity contribution in [3.63, 3.8) is 0 Å². The molecule has 0 N–H and O–H groups in total. The number of aromatic nitrogens is 1. The zero-order valence-corrected chi connectivity index (χ0v) is 13.4. The van der Waals surface area contributed by atoms with Crippen LogP contribution in [0.15, 0.2) is 12.1 Å². The summed E-state index contributed by atoms with van der Waals surface area (Å²) in [7, 11) is 6.74. The van der Waals surface area contributed by atoms with Gasteiger partial charge in [0.25, 0.3) is 0 Å². The molecule has 5 nitrogen and oxygen atoms in total. The van der Waals surface area contributed by atoms with Gasteiger partial charge in [0.15, 0.2) is 0 Å². The van der Waals surface area contributed by atoms with Gasteiger partial charge in [0, 0.05) is 32.9 Å². The summed E-state index contributed by atoms with van der Waals surface area (Å²) in [6, 6.07) is 1.46. The minimum absolute atomic E-state index is 0.00729. The third-order valence-corrected chi connectivity index (χ3v) is 2.93. The van der Waals surface area contributed by atoms with Gasteiger partial charge in [-0.15, -0.1) is 0 Å². The van der Waals surface area contributed by atoms with Crippen LogP contribution in [-0.4, -0.2) is 62.1 Å². The molecule has 124 valence electrons. The Bertz CT molecular complexity index is 529. The number of rotatable bonds is 4. The van der Waals surface area contributed by atoms with Crippen molar-refractivity contribution < 1.29 is 18.0 Å². The van der Waals surface area contributed by atoms with E-state index < -0.39 is 17.8 Å². The zero-order chi connectivity index (χ0) is 17.1. The van der Waals surface area contributed by atoms with Crippen molar-refractivity contribution in [1.29, 1.82) is 0 Å². The molecule has 0 aliphatic heterocycles. The molecule has 8 heteroatoms. The van der Waals surface area contributed by atoms with Crippen LogP contribution in [0.25, 0.3) is 0 Å². The van der Waals surface area contributed by atoms with Crippen LogP contribution in [0.3, 0.4) is 0 Å². The molecule has 1 aromatic rings. The number of amides is 2. The highest BCUT2D eigenvalue weighted by atomic mass is 19.4. The van der Waals surface area contributed by atoms with Crippen molar-refractivity contribution in [2.75, 3.05) is 46.2 Å². The number of pyridine rings is 1. The third kappa shape index (κ3) is 4.87. The maximum absolute atomic E-state index is 12.9. The topological polar surface area (TPSA) is 39.7 Å². The molecule has 1 rings (SSSR count). The van der Waals surface area contributed by atoms with Crippen LogP contribution in [0.2, 0.25) is 0 Å². The van der Waals surface area contributed by atoms with Crippen molar-refractivity contribution in [1.82, 2.24) is 14.8 Å². The first-order chi connectivity index (χ1) is 10.0. The summed E-state index contributed by atoms with van der Waals surface area (Å²) >= 11 is 0. The molecular formula is C14H21F3N4O. The molecule has 0 saturated carbocycles. The Morgan fingerprint density at radius 2 is 1.73 bits per heavy atom. The molecule has 0 aliphatic carbocycles. The van der Waals surface area contributed by atoms with E-state index in [1.807, 2.05) is 19.0 Å². The van der Waals surface area contributed by atoms with Crippen LogP contribution in [0.4, 0.5) is 23.8 Å². The number of carbonyl (C=O) groups excluding carboxylic acids is 1. The lowest BCUT2D eigenvalue weighted by atomic mass is 10.2. The summed E-state index contributed by atoms with van der Waals surface area (Å²) in [4.78, 5) is 20.7. The molecule has 0 aromatic carbocycles. The molecule has 1 heterocycles. The van der Waals surface area contributed by atoms with Crippen molar-refractivity contribution in [3.05, 3.63) is 23.4 Å². The van der Waals surface area contributed by atoms with Crippen molar-refractivity contribution in [2.45, 2.75) is 13.1 Å². The van der Waals surface area contributed by atoms with Gasteiger partial charge in [0.1, 0.15) is 5.82 Å². The molecule has 0 unspecified atom stereocenters. The predicted octanol–water partition coefficient (Wildman–Crippen LogP) is 2.46. The van der Waals surface area contributed by atoms with Gasteiger partial charge in [0.05, 0.1) is 5.56 Å². The summed E-state index contributed by atoms with van der Waals surface area (Å²) < 4.78 is 38.8. The smallest absolute Gasteiger partial charge is 0.330 e. The molecule has 2 amide bonds. The fraction of sp³-hybridized carbons (Fsp3) is 0.571. The third-order valence-electron chi connectivity index (χ3n) is 2.93. The molecule has 0 aliphatic rings. The van der Waals surface area contributed by atoms with Gasteiger partial charge in [-0.3, -0.25) is 4.90 Å². The minimum atomic E-state index is -4.48. The lowest BCUT2D eigenvalue weighted by molar-refractivity contribution is -0.137. The molecule has 0 atom stereocenters. The monoisotopic (exact) mass is 318 g/mol. The van der Waals surface area contributed by atoms with Gasteiger partial charge < -0.3 is 9.80 Å². The van der Waals surface area contributed by atoms with Crippen LogP contribution >= 0.6 is 0 Å². The minimum Gasteiger partial charge on any atom is -0.330 e. The van der Waals surface area contributed by atoms with Gasteiger partial charge in [-0.25, -0.2) is 9.78 Å². The molecule has 0 bridgehead atoms. The number of hydrogen-bond donors (Lipinski definition) is 0. The number of hydrogen-bond acceptors (Lipinski definition) is 3. The summed E-state index contributed by atoms with van der Waals surface area (Å²) in [6.07, 6.45) is -4.48. The molecule has 0 fully saturated rings. The summed E-state index contributed by atoms with van der Waals surface area (Å²) in [5, 5.41) is 0. The second-order valence-electron chi connectivity index (χ2n) is 5.49. The molecule has 0 spiro atoms. The fourth-order valence-corrected chi connectivity index (χ4v) is 1.80. The fourth-order valence-electron chi connectivity index (χ4n) is 1.80. The Morgan fingerprint density at radius 1 is 1.14 bits per heavy atom. The quantitative estimate of drug-likeness (QED) is 0.856. The van der Waals surface area contributed by atoms with Gasteiger partial charge in [-0.05, 0) is 33.2 Å². The van der Waals surface area contributed by atoms with E-state index in [0.717, 1.165) is 12.1 Å². The Hall–Kier alpha value is -1.83. The average molecular weight is 318 g/mol. The summed E-state index contributed by atoms with van der Waals surface area (Å²) in [5.41, 5.74) is -0.595. The Morgan fingerprint density at radius 3 is 2.18 bits per heavy atom. The lowest BCUT2D eigenvalue weighted by Gasteiger charge is -2.27. The van der Waals surface area contributed by atoms with Gasteiger partial charge in [-0.1, -0.05) is 0 Å². The number of aryl methyl sites for hydroxylation is 1. The van der Waals surface area contributed by atoms with E-state index in [1.165, 1.54) is 16.7 Å². The number of carbonyl (C=O) groups is 1. The van der Waals surface area contributed by atoms with Crippen molar-refractivity contribution in [3.8, 4) is 0 Å². The maximum Gasteiger partial charge on any atom is 0.416 e. The normalized spacial score (nSPS) is 11.7. The van der Waals surface area contributed by atoms with Gasteiger partial charge in [0.2, 0.25) is 0 Å². The molecule has 0 saturated heterocycles. The number of nitrogens with zero attached hydrogens (tertiary/aromatic N) is 4. The van der Waals surface area contributed by atoms with Crippen LogP contribution < -0.4 is 4.90 Å². The number of urea groups is 1. The largest absolute Gasteiger partial charge is 0.416 e. The first-order valence-electron chi connectivity index (χ1n) is 6.72. The Labute approximate surface area is 128 Å². The van der Waals surface area contributed by atoms with Gasteiger partial charge >= 0.3 is 12.2 Å². The predicted molar refractivity (Wildman–Crippen MR) is 79.0 cm³/mol. The Kier molecular flexibility index (Phi) is 5.76. The highest BCUT2D eigenvalue weighted by Crippen LogP contribution is 2.31. The van der Waals surface area contributed by atoms with Crippen molar-refractivity contribution in [2.24, 2.45) is 0 Å². The van der Waals surface area contributed by atoms with E-state index in [4.69, 9.17) is 0 Å². The lowest BCUT2D eigenvalue weighted by Crippen LogP contribution is -2.43. The van der Waals surface area contributed by atoms with Crippen LogP contribution in [0, 0.1) is 6.92 Å². The van der Waals surface area contributed by atoms with E-state index >= 15 is 0 Å². The van der Waals surface area contributed by atoms with E-state index in [1.54, 1.807) is 14.1 Å². The SMILES string of the molecule is Cc1cc(C(F)(F)F)cc(N(CCN(C)C)C(=O)N(C)C)n1. The molecular weight excluding hydrogens is 297 g/mol. The second-order valence-corrected chi connectivity index (χ2v) is 5.49. The van der Waals surface area contributed by atoms with Gasteiger partial charge in [-0.2, -0.15) is 13.2 Å². The summed E-state index contributed by atoms with van der Waals surface area (Å²) in [6.45, 7) is 2.23. The molecule has 1 aromatic heterocycles. The maximum atomic E-state index is 12.9. The van der Waals surface area contributed by atoms with Crippen LogP contribution in [0.1, 0.15) is 11.3 Å². The van der Waals surface area contributed by atoms with E-state index in [-0.39, 0.29) is 18.1 Å². The average Bonchev–Trinajstić information content (AvgIpc) is 2.36. The Balaban J connectivity index is 3.23. The highest BCUT2D eigenvalue weighted by Gasteiger charge is 2.32. The summed E-state index contributed by atoms with van der Waals surface area (Å²) in [5.74, 6) is 0.00729. The van der Waals surface area contributed by atoms with E-state index in [9.17, 15) is 18.0 Å². The van der Waals surface area contributed by atoms with Crippen LogP contribution in [-0.2, 0) is 6.18 Å². The number of halogens is 3. The highest BCUT2D eigenvalue weighted by molar-refractivity contribution is 5.90. The standard InChI is InChI=1S/C14H21F3N4O/c1-10-8-11(14(15,16)17)9-12(18-10)21(7-6-19(2)3)13(22)20(4)5/h8-9H,6-7H2,1-5H3. The number of alkyl halides is 3. The first-order valence-corrected chi connectivity index (χ1v) is 6.72. The first kappa shape index (κ1) is 18.2. The molecule has 22 heavy (non-hydrogen) atoms. The zero-order valence-electron chi connectivity index (χ0n) is 13.4. The second kappa shape index (κ2) is 6.95. The van der Waals surface area contributed by atoms with E-state index in [0.29, 0.717) is 6.54 Å². The van der Waals surface area contributed by atoms with Crippen molar-refractivity contribution >= 4 is 11.8 Å². The number of likely N-dealkylation sites (N-methyl/N-ethyl adjacent to an activating group) is 1.